The number of benzene rings is 1. The van der Waals surface area contributed by atoms with Crippen molar-refractivity contribution in [1.82, 2.24) is 4.90 Å². The van der Waals surface area contributed by atoms with Crippen LogP contribution in [0.15, 0.2) is 18.2 Å². The van der Waals surface area contributed by atoms with E-state index in [9.17, 15) is 9.59 Å². The maximum atomic E-state index is 12.6. The van der Waals surface area contributed by atoms with E-state index < -0.39 is 0 Å². The molecule has 5 rings (SSSR count). The summed E-state index contributed by atoms with van der Waals surface area (Å²) in [5.74, 6) is 3.56. The molecule has 1 saturated heterocycles. The normalized spacial score (nSPS) is 33.2. The van der Waals surface area contributed by atoms with Gasteiger partial charge in [-0.15, -0.1) is 0 Å². The number of ether oxygens (including phenoxy) is 1. The molecule has 0 radical (unpaired) electrons. The molecule has 1 aromatic rings. The Morgan fingerprint density at radius 2 is 1.97 bits per heavy atom. The Bertz CT molecular complexity index is 873. The smallest absolute Gasteiger partial charge is 0.139 e. The van der Waals surface area contributed by atoms with E-state index in [4.69, 9.17) is 4.74 Å². The molecule has 1 heterocycles. The largest absolute Gasteiger partial charge is 0.492 e. The molecule has 174 valence electrons. The second kappa shape index (κ2) is 8.93. The average Bonchev–Trinajstić information content (AvgIpc) is 3.11. The van der Waals surface area contributed by atoms with Crippen LogP contribution in [0, 0.1) is 17.3 Å². The molecule has 5 atom stereocenters. The number of hydrogen-bond donors (Lipinski definition) is 0. The highest BCUT2D eigenvalue weighted by Gasteiger charge is 2.54. The van der Waals surface area contributed by atoms with Gasteiger partial charge in [-0.2, -0.15) is 0 Å². The molecule has 1 aromatic carbocycles. The molecule has 0 amide bonds. The lowest BCUT2D eigenvalue weighted by Crippen LogP contribution is -2.43. The SMILES string of the molecule is CC(=O)CC(COc1ccc2c(c1)CC[C@@H]1[C@@H]2CC[C@]2(C)C(=O)CC[C@@H]12)N1CCCCC1. The number of fused-ring (bicyclic) bond motifs is 5. The minimum atomic E-state index is -0.0537. The molecule has 4 aliphatic rings. The molecule has 0 N–H and O–H groups in total. The zero-order valence-corrected chi connectivity index (χ0v) is 19.9. The molecule has 1 aliphatic heterocycles. The molecule has 3 aliphatic carbocycles. The number of aryl methyl sites for hydroxylation is 1. The van der Waals surface area contributed by atoms with Gasteiger partial charge in [0.2, 0.25) is 0 Å². The van der Waals surface area contributed by atoms with Crippen LogP contribution in [0.1, 0.15) is 88.7 Å². The number of piperidine rings is 1. The molecule has 3 fully saturated rings. The van der Waals surface area contributed by atoms with Gasteiger partial charge in [0.15, 0.2) is 0 Å². The van der Waals surface area contributed by atoms with E-state index in [1.807, 2.05) is 0 Å². The minimum absolute atomic E-state index is 0.0537. The zero-order chi connectivity index (χ0) is 22.3. The van der Waals surface area contributed by atoms with Crippen LogP contribution in [0.3, 0.4) is 0 Å². The van der Waals surface area contributed by atoms with Gasteiger partial charge in [0, 0.05) is 18.3 Å². The summed E-state index contributed by atoms with van der Waals surface area (Å²) in [5, 5.41) is 0. The first kappa shape index (κ1) is 22.1. The van der Waals surface area contributed by atoms with Crippen LogP contribution in [0.4, 0.5) is 0 Å². The van der Waals surface area contributed by atoms with Crippen molar-refractivity contribution in [2.24, 2.45) is 17.3 Å². The van der Waals surface area contributed by atoms with Crippen LogP contribution in [0.2, 0.25) is 0 Å². The summed E-state index contributed by atoms with van der Waals surface area (Å²) in [6, 6.07) is 6.90. The fourth-order valence-corrected chi connectivity index (χ4v) is 7.52. The molecule has 4 nitrogen and oxygen atoms in total. The summed E-state index contributed by atoms with van der Waals surface area (Å²) in [6.45, 7) is 6.69. The van der Waals surface area contributed by atoms with Crippen molar-refractivity contribution in [1.29, 1.82) is 0 Å². The van der Waals surface area contributed by atoms with Gasteiger partial charge in [-0.1, -0.05) is 19.4 Å². The molecule has 0 aromatic heterocycles. The topological polar surface area (TPSA) is 46.6 Å². The van der Waals surface area contributed by atoms with Crippen molar-refractivity contribution < 1.29 is 14.3 Å². The molecular weight excluding hydrogens is 398 g/mol. The van der Waals surface area contributed by atoms with Crippen LogP contribution in [0.25, 0.3) is 0 Å². The number of rotatable bonds is 6. The van der Waals surface area contributed by atoms with Crippen molar-refractivity contribution in [3.8, 4) is 5.75 Å². The van der Waals surface area contributed by atoms with E-state index in [1.54, 1.807) is 6.92 Å². The van der Waals surface area contributed by atoms with Crippen LogP contribution in [-0.4, -0.2) is 42.2 Å². The number of Topliss-reactive ketones (excluding diaryl/α,β-unsaturated/α-hetero) is 2. The fourth-order valence-electron chi connectivity index (χ4n) is 7.52. The summed E-state index contributed by atoms with van der Waals surface area (Å²) in [5.41, 5.74) is 2.89. The van der Waals surface area contributed by atoms with Crippen LogP contribution in [0.5, 0.6) is 5.75 Å². The molecule has 32 heavy (non-hydrogen) atoms. The van der Waals surface area contributed by atoms with Gasteiger partial charge in [0.05, 0.1) is 6.04 Å². The summed E-state index contributed by atoms with van der Waals surface area (Å²) in [4.78, 5) is 26.9. The van der Waals surface area contributed by atoms with Gasteiger partial charge in [-0.3, -0.25) is 14.5 Å². The lowest BCUT2D eigenvalue weighted by molar-refractivity contribution is -0.129. The highest BCUT2D eigenvalue weighted by molar-refractivity contribution is 5.87. The highest BCUT2D eigenvalue weighted by atomic mass is 16.5. The maximum Gasteiger partial charge on any atom is 0.139 e. The fraction of sp³-hybridized carbons (Fsp3) is 0.714. The third-order valence-electron chi connectivity index (χ3n) is 9.28. The van der Waals surface area contributed by atoms with Gasteiger partial charge in [0.25, 0.3) is 0 Å². The number of likely N-dealkylation sites (tertiary alicyclic amines) is 1. The Labute approximate surface area is 193 Å². The Balaban J connectivity index is 1.28. The molecule has 0 spiro atoms. The van der Waals surface area contributed by atoms with Gasteiger partial charge < -0.3 is 4.74 Å². The van der Waals surface area contributed by atoms with Crippen molar-refractivity contribution in [3.05, 3.63) is 29.3 Å². The monoisotopic (exact) mass is 437 g/mol. The second-order valence-electron chi connectivity index (χ2n) is 11.2. The third-order valence-corrected chi connectivity index (χ3v) is 9.28. The van der Waals surface area contributed by atoms with E-state index in [1.165, 1.54) is 36.8 Å². The van der Waals surface area contributed by atoms with E-state index >= 15 is 0 Å². The number of ketones is 2. The van der Waals surface area contributed by atoms with E-state index in [0.717, 1.165) is 50.9 Å². The first-order valence-corrected chi connectivity index (χ1v) is 13.0. The lowest BCUT2D eigenvalue weighted by Gasteiger charge is -2.48. The van der Waals surface area contributed by atoms with Gasteiger partial charge in [-0.25, -0.2) is 0 Å². The summed E-state index contributed by atoms with van der Waals surface area (Å²) in [7, 11) is 0. The Morgan fingerprint density at radius 1 is 1.16 bits per heavy atom. The van der Waals surface area contributed by atoms with Gasteiger partial charge in [0.1, 0.15) is 23.9 Å². The van der Waals surface area contributed by atoms with Gasteiger partial charge in [-0.05, 0) is 106 Å². The molecule has 0 bridgehead atoms. The van der Waals surface area contributed by atoms with Crippen molar-refractivity contribution in [3.63, 3.8) is 0 Å². The first-order chi connectivity index (χ1) is 15.5. The van der Waals surface area contributed by atoms with Crippen LogP contribution >= 0.6 is 0 Å². The third kappa shape index (κ3) is 4.04. The maximum absolute atomic E-state index is 12.6. The highest BCUT2D eigenvalue weighted by Crippen LogP contribution is 2.59. The number of carbonyl (C=O) groups excluding carboxylic acids is 2. The average molecular weight is 438 g/mol. The van der Waals surface area contributed by atoms with E-state index in [-0.39, 0.29) is 17.2 Å². The molecule has 4 heteroatoms. The summed E-state index contributed by atoms with van der Waals surface area (Å²) in [6.07, 6.45) is 10.7. The predicted molar refractivity (Wildman–Crippen MR) is 126 cm³/mol. The van der Waals surface area contributed by atoms with Crippen LogP contribution < -0.4 is 4.74 Å². The zero-order valence-electron chi connectivity index (χ0n) is 19.9. The Morgan fingerprint density at radius 3 is 2.75 bits per heavy atom. The summed E-state index contributed by atoms with van der Waals surface area (Å²) >= 11 is 0. The first-order valence-electron chi connectivity index (χ1n) is 13.0. The van der Waals surface area contributed by atoms with E-state index in [2.05, 4.69) is 30.0 Å². The number of hydrogen-bond acceptors (Lipinski definition) is 4. The Hall–Kier alpha value is -1.68. The Kier molecular flexibility index (Phi) is 6.17. The standard InChI is InChI=1S/C28H39NO3/c1-19(30)16-21(29-14-4-3-5-15-29)18-32-22-7-9-23-20(17-22)6-8-25-24(23)12-13-28(2)26(25)10-11-27(28)31/h7,9,17,21,24-26H,3-6,8,10-16,18H2,1-2H3/t21?,24-,25-,26+,28+/m1/s1. The molecular formula is C28H39NO3. The van der Waals surface area contributed by atoms with Crippen LogP contribution in [-0.2, 0) is 16.0 Å². The van der Waals surface area contributed by atoms with Crippen molar-refractivity contribution in [2.45, 2.75) is 90.0 Å². The molecule has 1 unspecified atom stereocenters. The summed E-state index contributed by atoms with van der Waals surface area (Å²) < 4.78 is 6.29. The predicted octanol–water partition coefficient (Wildman–Crippen LogP) is 5.32. The minimum Gasteiger partial charge on any atom is -0.492 e. The van der Waals surface area contributed by atoms with Crippen molar-refractivity contribution >= 4 is 11.6 Å². The van der Waals surface area contributed by atoms with Gasteiger partial charge >= 0.3 is 0 Å². The van der Waals surface area contributed by atoms with Crippen molar-refractivity contribution in [2.75, 3.05) is 19.7 Å². The number of carbonyl (C=O) groups is 2. The van der Waals surface area contributed by atoms with E-state index in [0.29, 0.717) is 36.6 Å². The molecule has 2 saturated carbocycles. The second-order valence-corrected chi connectivity index (χ2v) is 11.2. The quantitative estimate of drug-likeness (QED) is 0.604. The number of nitrogens with zero attached hydrogens (tertiary/aromatic N) is 1. The lowest BCUT2D eigenvalue weighted by atomic mass is 9.55.